The number of aromatic nitrogens is 1. The second kappa shape index (κ2) is 9.20. The smallest absolute Gasteiger partial charge is 0.316 e. The second-order valence-corrected chi connectivity index (χ2v) is 6.39. The summed E-state index contributed by atoms with van der Waals surface area (Å²) in [5, 5.41) is 7.91. The highest BCUT2D eigenvalue weighted by Crippen LogP contribution is 2.17. The minimum atomic E-state index is -0.688. The van der Waals surface area contributed by atoms with Crippen LogP contribution in [-0.4, -0.2) is 22.8 Å². The SMILES string of the molecule is NC(=O)Nc1ccc(C(=O)Nc2cccc(NC(=O)Cc3ccc(=O)[nH]c3)c2)cc1. The third-order valence-corrected chi connectivity index (χ3v) is 4.03. The summed E-state index contributed by atoms with van der Waals surface area (Å²) >= 11 is 0. The van der Waals surface area contributed by atoms with Crippen LogP contribution in [0, 0.1) is 0 Å². The van der Waals surface area contributed by atoms with Crippen molar-refractivity contribution < 1.29 is 14.4 Å². The van der Waals surface area contributed by atoms with E-state index < -0.39 is 6.03 Å². The van der Waals surface area contributed by atoms with E-state index in [0.717, 1.165) is 0 Å². The molecular weight excluding hydrogens is 386 g/mol. The van der Waals surface area contributed by atoms with Crippen molar-refractivity contribution in [1.29, 1.82) is 0 Å². The van der Waals surface area contributed by atoms with Gasteiger partial charge in [-0.05, 0) is 48.0 Å². The minimum Gasteiger partial charge on any atom is -0.351 e. The van der Waals surface area contributed by atoms with Gasteiger partial charge in [0.15, 0.2) is 0 Å². The van der Waals surface area contributed by atoms with E-state index in [-0.39, 0.29) is 23.8 Å². The number of carbonyl (C=O) groups is 3. The van der Waals surface area contributed by atoms with E-state index in [9.17, 15) is 19.2 Å². The summed E-state index contributed by atoms with van der Waals surface area (Å²) < 4.78 is 0. The highest BCUT2D eigenvalue weighted by molar-refractivity contribution is 6.05. The van der Waals surface area contributed by atoms with E-state index in [1.54, 1.807) is 54.6 Å². The van der Waals surface area contributed by atoms with Crippen molar-refractivity contribution >= 4 is 34.9 Å². The van der Waals surface area contributed by atoms with Crippen LogP contribution in [0.5, 0.6) is 0 Å². The zero-order valence-electron chi connectivity index (χ0n) is 15.8. The van der Waals surface area contributed by atoms with Crippen molar-refractivity contribution in [2.75, 3.05) is 16.0 Å². The number of primary amides is 1. The average molecular weight is 405 g/mol. The van der Waals surface area contributed by atoms with Gasteiger partial charge in [-0.15, -0.1) is 0 Å². The largest absolute Gasteiger partial charge is 0.351 e. The number of nitrogens with one attached hydrogen (secondary N) is 4. The number of rotatable bonds is 6. The summed E-state index contributed by atoms with van der Waals surface area (Å²) in [6, 6.07) is 15.2. The van der Waals surface area contributed by atoms with Crippen LogP contribution < -0.4 is 27.2 Å². The molecule has 6 N–H and O–H groups in total. The van der Waals surface area contributed by atoms with Crippen molar-refractivity contribution in [1.82, 2.24) is 4.98 Å². The van der Waals surface area contributed by atoms with Crippen LogP contribution in [-0.2, 0) is 11.2 Å². The molecule has 2 aromatic carbocycles. The first kappa shape index (κ1) is 20.3. The van der Waals surface area contributed by atoms with Crippen LogP contribution in [0.4, 0.5) is 21.9 Å². The molecule has 1 heterocycles. The third-order valence-electron chi connectivity index (χ3n) is 4.03. The molecule has 0 aliphatic heterocycles. The number of hydrogen-bond donors (Lipinski definition) is 5. The molecule has 0 unspecified atom stereocenters. The van der Waals surface area contributed by atoms with E-state index in [2.05, 4.69) is 20.9 Å². The van der Waals surface area contributed by atoms with Crippen LogP contribution in [0.2, 0.25) is 0 Å². The van der Waals surface area contributed by atoms with Crippen molar-refractivity contribution in [3.8, 4) is 0 Å². The molecule has 0 atom stereocenters. The molecule has 30 heavy (non-hydrogen) atoms. The first-order valence-electron chi connectivity index (χ1n) is 8.94. The molecule has 0 saturated carbocycles. The number of amides is 4. The molecule has 0 spiro atoms. The van der Waals surface area contributed by atoms with Gasteiger partial charge in [-0.2, -0.15) is 0 Å². The number of benzene rings is 2. The van der Waals surface area contributed by atoms with Gasteiger partial charge in [-0.3, -0.25) is 14.4 Å². The maximum absolute atomic E-state index is 12.4. The number of nitrogens with two attached hydrogens (primary N) is 1. The fraction of sp³-hybridized carbons (Fsp3) is 0.0476. The van der Waals surface area contributed by atoms with Gasteiger partial charge < -0.3 is 26.7 Å². The number of urea groups is 1. The Labute approximate surface area is 171 Å². The lowest BCUT2D eigenvalue weighted by Crippen LogP contribution is -2.19. The lowest BCUT2D eigenvalue weighted by molar-refractivity contribution is -0.115. The highest BCUT2D eigenvalue weighted by Gasteiger charge is 2.09. The first-order valence-corrected chi connectivity index (χ1v) is 8.94. The number of anilines is 3. The lowest BCUT2D eigenvalue weighted by Gasteiger charge is -2.09. The van der Waals surface area contributed by atoms with Crippen LogP contribution in [0.25, 0.3) is 0 Å². The van der Waals surface area contributed by atoms with Crippen LogP contribution in [0.15, 0.2) is 71.7 Å². The summed E-state index contributed by atoms with van der Waals surface area (Å²) in [6.45, 7) is 0. The monoisotopic (exact) mass is 405 g/mol. The molecule has 0 fully saturated rings. The Morgan fingerprint density at radius 1 is 0.833 bits per heavy atom. The molecule has 0 saturated heterocycles. The van der Waals surface area contributed by atoms with Crippen molar-refractivity contribution in [3.05, 3.63) is 88.3 Å². The molecule has 9 heteroatoms. The van der Waals surface area contributed by atoms with Gasteiger partial charge >= 0.3 is 6.03 Å². The number of H-pyrrole nitrogens is 1. The molecule has 0 bridgehead atoms. The maximum Gasteiger partial charge on any atom is 0.316 e. The lowest BCUT2D eigenvalue weighted by atomic mass is 10.2. The molecule has 1 aromatic heterocycles. The van der Waals surface area contributed by atoms with Crippen molar-refractivity contribution in [2.45, 2.75) is 6.42 Å². The van der Waals surface area contributed by atoms with E-state index in [4.69, 9.17) is 5.73 Å². The zero-order chi connectivity index (χ0) is 21.5. The molecule has 0 aliphatic carbocycles. The third kappa shape index (κ3) is 5.80. The van der Waals surface area contributed by atoms with E-state index in [1.165, 1.54) is 12.3 Å². The first-order chi connectivity index (χ1) is 14.4. The molecule has 4 amide bonds. The van der Waals surface area contributed by atoms with Crippen LogP contribution in [0.1, 0.15) is 15.9 Å². The zero-order valence-corrected chi connectivity index (χ0v) is 15.8. The molecule has 152 valence electrons. The number of aromatic amines is 1. The Morgan fingerprint density at radius 2 is 1.53 bits per heavy atom. The Bertz CT molecular complexity index is 1120. The van der Waals surface area contributed by atoms with Gasteiger partial charge in [-0.1, -0.05) is 12.1 Å². The molecule has 3 aromatic rings. The van der Waals surface area contributed by atoms with Gasteiger partial charge in [0, 0.05) is 34.9 Å². The quantitative estimate of drug-likeness (QED) is 0.428. The second-order valence-electron chi connectivity index (χ2n) is 6.39. The van der Waals surface area contributed by atoms with Crippen LogP contribution >= 0.6 is 0 Å². The summed E-state index contributed by atoms with van der Waals surface area (Å²) in [4.78, 5) is 49.0. The van der Waals surface area contributed by atoms with E-state index in [1.807, 2.05) is 0 Å². The normalized spacial score (nSPS) is 10.1. The fourth-order valence-electron chi connectivity index (χ4n) is 2.67. The predicted octanol–water partition coefficient (Wildman–Crippen LogP) is 2.30. The molecule has 0 aliphatic rings. The summed E-state index contributed by atoms with van der Waals surface area (Å²) in [7, 11) is 0. The Morgan fingerprint density at radius 3 is 2.17 bits per heavy atom. The summed E-state index contributed by atoms with van der Waals surface area (Å²) in [6.07, 6.45) is 1.59. The van der Waals surface area contributed by atoms with Crippen LogP contribution in [0.3, 0.4) is 0 Å². The van der Waals surface area contributed by atoms with Gasteiger partial charge in [0.05, 0.1) is 6.42 Å². The maximum atomic E-state index is 12.4. The van der Waals surface area contributed by atoms with Gasteiger partial charge in [0.1, 0.15) is 0 Å². The summed E-state index contributed by atoms with van der Waals surface area (Å²) in [5.74, 6) is -0.611. The average Bonchev–Trinajstić information content (AvgIpc) is 2.70. The van der Waals surface area contributed by atoms with Gasteiger partial charge in [0.2, 0.25) is 11.5 Å². The Balaban J connectivity index is 1.61. The predicted molar refractivity (Wildman–Crippen MR) is 113 cm³/mol. The topological polar surface area (TPSA) is 146 Å². The Hall–Kier alpha value is -4.40. The minimum absolute atomic E-state index is 0.0963. The standard InChI is InChI=1S/C21H19N5O4/c22-21(30)26-15-7-5-14(6-8-15)20(29)25-17-3-1-2-16(11-17)24-19(28)10-13-4-9-18(27)23-12-13/h1-9,11-12H,10H2,(H,23,27)(H,24,28)(H,25,29)(H3,22,26,30). The Kier molecular flexibility index (Phi) is 6.23. The van der Waals surface area contributed by atoms with Crippen molar-refractivity contribution in [2.24, 2.45) is 5.73 Å². The number of carbonyl (C=O) groups excluding carboxylic acids is 3. The van der Waals surface area contributed by atoms with E-state index >= 15 is 0 Å². The number of pyridine rings is 1. The fourth-order valence-corrected chi connectivity index (χ4v) is 2.67. The highest BCUT2D eigenvalue weighted by atomic mass is 16.2. The summed E-state index contributed by atoms with van der Waals surface area (Å²) in [5.41, 5.74) is 7.37. The van der Waals surface area contributed by atoms with Gasteiger partial charge in [-0.25, -0.2) is 4.79 Å². The molecule has 0 radical (unpaired) electrons. The number of hydrogen-bond acceptors (Lipinski definition) is 4. The van der Waals surface area contributed by atoms with Crippen molar-refractivity contribution in [3.63, 3.8) is 0 Å². The molecule has 9 nitrogen and oxygen atoms in total. The molecular formula is C21H19N5O4. The van der Waals surface area contributed by atoms with E-state index in [0.29, 0.717) is 28.2 Å². The molecule has 3 rings (SSSR count). The van der Waals surface area contributed by atoms with Gasteiger partial charge in [0.25, 0.3) is 5.91 Å².